The molecule has 2 heterocycles. The van der Waals surface area contributed by atoms with Crippen LogP contribution in [0.3, 0.4) is 0 Å². The van der Waals surface area contributed by atoms with Crippen molar-refractivity contribution >= 4 is 28.4 Å². The molecule has 8 heteroatoms. The third-order valence-corrected chi connectivity index (χ3v) is 5.65. The number of H-pyrrole nitrogens is 1. The summed E-state index contributed by atoms with van der Waals surface area (Å²) in [5.74, 6) is -0.468. The molecule has 5 rings (SSSR count). The van der Waals surface area contributed by atoms with Crippen LogP contribution in [-0.2, 0) is 22.4 Å². The third-order valence-electron chi connectivity index (χ3n) is 5.65. The first kappa shape index (κ1) is 21.8. The molecule has 1 saturated carbocycles. The van der Waals surface area contributed by atoms with E-state index >= 15 is 0 Å². The normalized spacial score (nSPS) is 13.1. The molecule has 1 aliphatic carbocycles. The van der Waals surface area contributed by atoms with Crippen molar-refractivity contribution < 1.29 is 23.1 Å². The van der Waals surface area contributed by atoms with Gasteiger partial charge in [0, 0.05) is 48.1 Å². The number of rotatable bonds is 8. The van der Waals surface area contributed by atoms with Gasteiger partial charge in [0.1, 0.15) is 23.2 Å². The lowest BCUT2D eigenvalue weighted by Crippen LogP contribution is -2.14. The van der Waals surface area contributed by atoms with Crippen molar-refractivity contribution in [1.82, 2.24) is 9.97 Å². The fourth-order valence-corrected chi connectivity index (χ4v) is 3.74. The Balaban J connectivity index is 1.22. The van der Waals surface area contributed by atoms with Crippen molar-refractivity contribution in [3.05, 3.63) is 83.7 Å². The molecule has 172 valence electrons. The molecule has 0 atom stereocenters. The average Bonchev–Trinajstić information content (AvgIpc) is 3.60. The predicted octanol–water partition coefficient (Wildman–Crippen LogP) is 5.34. The SMILES string of the molecule is O=C(Cc1ccc(Oc2ccnc(NC(=O)C3CC3)c2)c(F)c1)Cc1ccc2[nH]cc(F)c2c1. The Bertz CT molecular complexity index is 1400. The van der Waals surface area contributed by atoms with Crippen LogP contribution in [0.2, 0.25) is 0 Å². The minimum atomic E-state index is -0.610. The van der Waals surface area contributed by atoms with Crippen LogP contribution in [0.4, 0.5) is 14.6 Å². The van der Waals surface area contributed by atoms with E-state index in [4.69, 9.17) is 4.74 Å². The average molecular weight is 461 g/mol. The van der Waals surface area contributed by atoms with Crippen LogP contribution in [0.25, 0.3) is 10.9 Å². The van der Waals surface area contributed by atoms with E-state index in [0.29, 0.717) is 33.6 Å². The Morgan fingerprint density at radius 2 is 1.76 bits per heavy atom. The highest BCUT2D eigenvalue weighted by Crippen LogP contribution is 2.31. The summed E-state index contributed by atoms with van der Waals surface area (Å²) in [6.45, 7) is 0. The summed E-state index contributed by atoms with van der Waals surface area (Å²) in [4.78, 5) is 31.3. The van der Waals surface area contributed by atoms with Gasteiger partial charge in [0.25, 0.3) is 0 Å². The molecule has 4 aromatic rings. The summed E-state index contributed by atoms with van der Waals surface area (Å²) < 4.78 is 34.0. The molecule has 0 aliphatic heterocycles. The number of pyridine rings is 1. The highest BCUT2D eigenvalue weighted by molar-refractivity contribution is 5.93. The number of fused-ring (bicyclic) bond motifs is 1. The molecule has 2 aromatic carbocycles. The second kappa shape index (κ2) is 9.05. The molecule has 6 nitrogen and oxygen atoms in total. The number of aromatic nitrogens is 2. The van der Waals surface area contributed by atoms with Gasteiger partial charge in [-0.15, -0.1) is 0 Å². The number of hydrogen-bond donors (Lipinski definition) is 2. The van der Waals surface area contributed by atoms with Gasteiger partial charge in [-0.25, -0.2) is 13.8 Å². The first-order valence-corrected chi connectivity index (χ1v) is 10.9. The van der Waals surface area contributed by atoms with Crippen LogP contribution in [0.5, 0.6) is 11.5 Å². The van der Waals surface area contributed by atoms with Crippen molar-refractivity contribution in [2.24, 2.45) is 5.92 Å². The summed E-state index contributed by atoms with van der Waals surface area (Å²) in [5, 5.41) is 3.16. The minimum absolute atomic E-state index is 0.00440. The van der Waals surface area contributed by atoms with Gasteiger partial charge in [-0.1, -0.05) is 12.1 Å². The summed E-state index contributed by atoms with van der Waals surface area (Å²) in [5.41, 5.74) is 1.87. The highest BCUT2D eigenvalue weighted by Gasteiger charge is 2.29. The molecule has 1 fully saturated rings. The molecule has 2 aromatic heterocycles. The number of nitrogens with zero attached hydrogens (tertiary/aromatic N) is 1. The van der Waals surface area contributed by atoms with Gasteiger partial charge in [-0.2, -0.15) is 0 Å². The number of benzene rings is 2. The summed E-state index contributed by atoms with van der Waals surface area (Å²) >= 11 is 0. The molecular weight excluding hydrogens is 440 g/mol. The number of carbonyl (C=O) groups is 2. The first-order chi connectivity index (χ1) is 16.4. The maximum absolute atomic E-state index is 14.7. The van der Waals surface area contributed by atoms with Crippen LogP contribution in [-0.4, -0.2) is 21.7 Å². The second-order valence-corrected chi connectivity index (χ2v) is 8.42. The van der Waals surface area contributed by atoms with Crippen molar-refractivity contribution in [2.45, 2.75) is 25.7 Å². The van der Waals surface area contributed by atoms with E-state index in [2.05, 4.69) is 15.3 Å². The number of Topliss-reactive ketones (excluding diaryl/α,β-unsaturated/α-hetero) is 1. The van der Waals surface area contributed by atoms with E-state index in [-0.39, 0.29) is 42.0 Å². The number of nitrogens with one attached hydrogen (secondary N) is 2. The smallest absolute Gasteiger partial charge is 0.228 e. The molecule has 0 saturated heterocycles. The Morgan fingerprint density at radius 3 is 2.53 bits per heavy atom. The maximum Gasteiger partial charge on any atom is 0.228 e. The molecule has 1 aliphatic rings. The second-order valence-electron chi connectivity index (χ2n) is 8.42. The lowest BCUT2D eigenvalue weighted by molar-refractivity contribution is -0.118. The van der Waals surface area contributed by atoms with Crippen LogP contribution < -0.4 is 10.1 Å². The van der Waals surface area contributed by atoms with E-state index in [1.54, 1.807) is 30.3 Å². The molecule has 0 unspecified atom stereocenters. The van der Waals surface area contributed by atoms with Gasteiger partial charge in [-0.05, 0) is 54.3 Å². The van der Waals surface area contributed by atoms with E-state index in [0.717, 1.165) is 12.8 Å². The van der Waals surface area contributed by atoms with Crippen LogP contribution >= 0.6 is 0 Å². The van der Waals surface area contributed by atoms with Gasteiger partial charge in [0.05, 0.1) is 0 Å². The van der Waals surface area contributed by atoms with E-state index < -0.39 is 5.82 Å². The number of ketones is 1. The standard InChI is InChI=1S/C26H21F2N3O3/c27-21-12-16(10-18(32)9-15-1-5-23-20(11-15)22(28)14-30-23)2-6-24(21)34-19-7-8-29-25(13-19)31-26(33)17-3-4-17/h1-2,5-8,11-14,17,30H,3-4,9-10H2,(H,29,31,33). The lowest BCUT2D eigenvalue weighted by atomic mass is 10.0. The van der Waals surface area contributed by atoms with Gasteiger partial charge in [0.2, 0.25) is 5.91 Å². The fourth-order valence-electron chi connectivity index (χ4n) is 3.74. The molecule has 0 spiro atoms. The number of anilines is 1. The Labute approximate surface area is 194 Å². The van der Waals surface area contributed by atoms with Crippen molar-refractivity contribution in [2.75, 3.05) is 5.32 Å². The van der Waals surface area contributed by atoms with Crippen LogP contribution in [0.15, 0.2) is 60.9 Å². The number of aromatic amines is 1. The Kier molecular flexibility index (Phi) is 5.79. The zero-order valence-corrected chi connectivity index (χ0v) is 18.1. The summed E-state index contributed by atoms with van der Waals surface area (Å²) in [7, 11) is 0. The maximum atomic E-state index is 14.7. The third kappa shape index (κ3) is 4.96. The topological polar surface area (TPSA) is 84.1 Å². The van der Waals surface area contributed by atoms with Gasteiger partial charge >= 0.3 is 0 Å². The number of carbonyl (C=O) groups excluding carboxylic acids is 2. The zero-order valence-electron chi connectivity index (χ0n) is 18.1. The van der Waals surface area contributed by atoms with E-state index in [1.807, 2.05) is 0 Å². The molecule has 2 N–H and O–H groups in total. The quantitative estimate of drug-likeness (QED) is 0.371. The summed E-state index contributed by atoms with van der Waals surface area (Å²) in [6, 6.07) is 12.6. The number of amides is 1. The zero-order chi connectivity index (χ0) is 23.7. The van der Waals surface area contributed by atoms with Gasteiger partial charge in [-0.3, -0.25) is 9.59 Å². The minimum Gasteiger partial charge on any atom is -0.454 e. The van der Waals surface area contributed by atoms with E-state index in [1.165, 1.54) is 30.6 Å². The van der Waals surface area contributed by atoms with Crippen molar-refractivity contribution in [3.63, 3.8) is 0 Å². The monoisotopic (exact) mass is 461 g/mol. The molecule has 1 amide bonds. The first-order valence-electron chi connectivity index (χ1n) is 10.9. The lowest BCUT2D eigenvalue weighted by Gasteiger charge is -2.10. The van der Waals surface area contributed by atoms with E-state index in [9.17, 15) is 18.4 Å². The predicted molar refractivity (Wildman–Crippen MR) is 123 cm³/mol. The Hall–Kier alpha value is -4.07. The van der Waals surface area contributed by atoms with Crippen LogP contribution in [0, 0.1) is 17.6 Å². The van der Waals surface area contributed by atoms with Crippen molar-refractivity contribution in [1.29, 1.82) is 0 Å². The number of halogens is 2. The number of ether oxygens (including phenoxy) is 1. The molecular formula is C26H21F2N3O3. The van der Waals surface area contributed by atoms with Gasteiger partial charge in [0.15, 0.2) is 11.6 Å². The summed E-state index contributed by atoms with van der Waals surface area (Å²) in [6.07, 6.45) is 4.66. The van der Waals surface area contributed by atoms with Crippen molar-refractivity contribution in [3.8, 4) is 11.5 Å². The number of hydrogen-bond acceptors (Lipinski definition) is 4. The fraction of sp³-hybridized carbons (Fsp3) is 0.192. The molecule has 0 bridgehead atoms. The molecule has 34 heavy (non-hydrogen) atoms. The van der Waals surface area contributed by atoms with Gasteiger partial charge < -0.3 is 15.0 Å². The highest BCUT2D eigenvalue weighted by atomic mass is 19.1. The Morgan fingerprint density at radius 1 is 1.00 bits per heavy atom. The molecule has 0 radical (unpaired) electrons. The van der Waals surface area contributed by atoms with Crippen LogP contribution in [0.1, 0.15) is 24.0 Å². The largest absolute Gasteiger partial charge is 0.454 e.